The highest BCUT2D eigenvalue weighted by molar-refractivity contribution is 6.30. The maximum atomic E-state index is 13.4. The van der Waals surface area contributed by atoms with E-state index in [0.29, 0.717) is 17.1 Å². The molecule has 4 rings (SSSR count). The lowest BCUT2D eigenvalue weighted by atomic mass is 9.92. The van der Waals surface area contributed by atoms with Gasteiger partial charge in [0.15, 0.2) is 0 Å². The number of halogens is 1. The van der Waals surface area contributed by atoms with Crippen molar-refractivity contribution in [2.75, 3.05) is 0 Å². The van der Waals surface area contributed by atoms with Gasteiger partial charge in [0.25, 0.3) is 5.56 Å². The first-order valence-electron chi connectivity index (χ1n) is 9.63. The summed E-state index contributed by atoms with van der Waals surface area (Å²) >= 11 is 6.12. The summed E-state index contributed by atoms with van der Waals surface area (Å²) in [6.45, 7) is 2.21. The van der Waals surface area contributed by atoms with Crippen molar-refractivity contribution < 1.29 is 0 Å². The zero-order valence-electron chi connectivity index (χ0n) is 16.5. The molecular weight excluding hydrogens is 392 g/mol. The number of benzene rings is 3. The summed E-state index contributed by atoms with van der Waals surface area (Å²) in [6.07, 6.45) is 0. The average molecular weight is 411 g/mol. The van der Waals surface area contributed by atoms with Crippen LogP contribution in [0.5, 0.6) is 0 Å². The van der Waals surface area contributed by atoms with Gasteiger partial charge in [-0.1, -0.05) is 84.4 Å². The van der Waals surface area contributed by atoms with Crippen molar-refractivity contribution in [3.05, 3.63) is 117 Å². The minimum atomic E-state index is -0.288. The van der Waals surface area contributed by atoms with Gasteiger partial charge in [-0.3, -0.25) is 4.79 Å². The Morgan fingerprint density at radius 3 is 2.07 bits per heavy atom. The van der Waals surface area contributed by atoms with Gasteiger partial charge in [-0.15, -0.1) is 0 Å². The molecular formula is C26H19ClN2O. The summed E-state index contributed by atoms with van der Waals surface area (Å²) in [5, 5.41) is 10.4. The molecule has 3 aromatic carbocycles. The van der Waals surface area contributed by atoms with Crippen LogP contribution in [0.4, 0.5) is 0 Å². The number of hydrogen-bond acceptors (Lipinski definition) is 2. The van der Waals surface area contributed by atoms with Crippen LogP contribution in [0.1, 0.15) is 16.7 Å². The second-order valence-electron chi connectivity index (χ2n) is 7.09. The van der Waals surface area contributed by atoms with E-state index in [1.54, 1.807) is 4.57 Å². The highest BCUT2D eigenvalue weighted by Gasteiger charge is 2.22. The summed E-state index contributed by atoms with van der Waals surface area (Å²) in [4.78, 5) is 13.4. The molecule has 0 unspecified atom stereocenters. The molecule has 0 saturated heterocycles. The number of nitrogens with zero attached hydrogens (tertiary/aromatic N) is 2. The summed E-state index contributed by atoms with van der Waals surface area (Å²) < 4.78 is 1.70. The Balaban J connectivity index is 2.11. The van der Waals surface area contributed by atoms with Crippen molar-refractivity contribution in [3.8, 4) is 28.5 Å². The van der Waals surface area contributed by atoms with Crippen LogP contribution in [-0.2, 0) is 6.54 Å². The van der Waals surface area contributed by atoms with Gasteiger partial charge in [0, 0.05) is 10.6 Å². The third-order valence-corrected chi connectivity index (χ3v) is 5.44. The quantitative estimate of drug-likeness (QED) is 0.410. The second kappa shape index (κ2) is 8.41. The molecule has 0 atom stereocenters. The highest BCUT2D eigenvalue weighted by atomic mass is 35.5. The smallest absolute Gasteiger partial charge is 0.269 e. The fourth-order valence-electron chi connectivity index (χ4n) is 3.75. The Morgan fingerprint density at radius 1 is 0.867 bits per heavy atom. The van der Waals surface area contributed by atoms with Crippen LogP contribution in [0.25, 0.3) is 22.4 Å². The summed E-state index contributed by atoms with van der Waals surface area (Å²) in [7, 11) is 0. The molecule has 0 fully saturated rings. The minimum Gasteiger partial charge on any atom is -0.302 e. The van der Waals surface area contributed by atoms with Gasteiger partial charge in [-0.2, -0.15) is 5.26 Å². The Bertz CT molecular complexity index is 1290. The molecule has 3 nitrogen and oxygen atoms in total. The monoisotopic (exact) mass is 410 g/mol. The van der Waals surface area contributed by atoms with Crippen LogP contribution in [0, 0.1) is 18.3 Å². The van der Waals surface area contributed by atoms with Crippen molar-refractivity contribution in [1.29, 1.82) is 5.26 Å². The van der Waals surface area contributed by atoms with E-state index in [1.807, 2.05) is 91.9 Å². The van der Waals surface area contributed by atoms with Crippen LogP contribution in [0.3, 0.4) is 0 Å². The number of aromatic nitrogens is 1. The molecule has 4 aromatic rings. The molecule has 0 N–H and O–H groups in total. The van der Waals surface area contributed by atoms with E-state index in [9.17, 15) is 10.1 Å². The van der Waals surface area contributed by atoms with Crippen LogP contribution in [0.15, 0.2) is 89.7 Å². The zero-order valence-corrected chi connectivity index (χ0v) is 17.2. The maximum Gasteiger partial charge on any atom is 0.269 e. The molecule has 0 aliphatic heterocycles. The van der Waals surface area contributed by atoms with Gasteiger partial charge in [-0.05, 0) is 41.3 Å². The van der Waals surface area contributed by atoms with Crippen molar-refractivity contribution in [1.82, 2.24) is 4.57 Å². The fourth-order valence-corrected chi connectivity index (χ4v) is 3.87. The Kier molecular flexibility index (Phi) is 5.52. The molecule has 0 spiro atoms. The number of hydrogen-bond donors (Lipinski definition) is 0. The van der Waals surface area contributed by atoms with E-state index < -0.39 is 0 Å². The molecule has 4 heteroatoms. The van der Waals surface area contributed by atoms with Gasteiger partial charge < -0.3 is 4.57 Å². The zero-order chi connectivity index (χ0) is 21.1. The van der Waals surface area contributed by atoms with E-state index in [1.165, 1.54) is 0 Å². The molecule has 0 aliphatic carbocycles. The van der Waals surface area contributed by atoms with Crippen LogP contribution in [-0.4, -0.2) is 4.57 Å². The summed E-state index contributed by atoms with van der Waals surface area (Å²) in [5.41, 5.74) is 5.04. The van der Waals surface area contributed by atoms with Gasteiger partial charge in [0.05, 0.1) is 12.2 Å². The molecule has 1 aromatic heterocycles. The lowest BCUT2D eigenvalue weighted by molar-refractivity contribution is 0.764. The van der Waals surface area contributed by atoms with Crippen molar-refractivity contribution in [2.24, 2.45) is 0 Å². The van der Waals surface area contributed by atoms with Gasteiger partial charge in [0.2, 0.25) is 0 Å². The Morgan fingerprint density at radius 2 is 1.47 bits per heavy atom. The molecule has 0 radical (unpaired) electrons. The molecule has 146 valence electrons. The van der Waals surface area contributed by atoms with E-state index in [-0.39, 0.29) is 11.1 Å². The molecule has 0 amide bonds. The molecule has 0 saturated carbocycles. The normalized spacial score (nSPS) is 10.6. The first-order chi connectivity index (χ1) is 14.6. The first-order valence-corrected chi connectivity index (χ1v) is 10.0. The SMILES string of the molecule is Cc1c(-c2ccccc2)c(-c2ccc(Cl)cc2)n(Cc2ccccc2)c(=O)c1C#N. The maximum absolute atomic E-state index is 13.4. The van der Waals surface area contributed by atoms with Crippen molar-refractivity contribution in [2.45, 2.75) is 13.5 Å². The number of pyridine rings is 1. The van der Waals surface area contributed by atoms with E-state index in [0.717, 1.165) is 27.9 Å². The molecule has 0 bridgehead atoms. The average Bonchev–Trinajstić information content (AvgIpc) is 2.78. The molecule has 1 heterocycles. The van der Waals surface area contributed by atoms with Crippen molar-refractivity contribution in [3.63, 3.8) is 0 Å². The molecule has 30 heavy (non-hydrogen) atoms. The predicted octanol–water partition coefficient (Wildman–Crippen LogP) is 6.06. The lowest BCUT2D eigenvalue weighted by Gasteiger charge is -2.21. The number of nitriles is 1. The molecule has 0 aliphatic rings. The minimum absolute atomic E-state index is 0.169. The second-order valence-corrected chi connectivity index (χ2v) is 7.52. The topological polar surface area (TPSA) is 45.8 Å². The predicted molar refractivity (Wildman–Crippen MR) is 122 cm³/mol. The van der Waals surface area contributed by atoms with E-state index in [4.69, 9.17) is 11.6 Å². The van der Waals surface area contributed by atoms with Crippen LogP contribution in [0.2, 0.25) is 5.02 Å². The Hall–Kier alpha value is -3.61. The van der Waals surface area contributed by atoms with Gasteiger partial charge >= 0.3 is 0 Å². The van der Waals surface area contributed by atoms with Crippen LogP contribution >= 0.6 is 11.6 Å². The standard InChI is InChI=1S/C26H19ClN2O/c1-18-23(16-28)26(30)29(17-19-8-4-2-5-9-19)25(21-12-14-22(27)15-13-21)24(18)20-10-6-3-7-11-20/h2-15H,17H2,1H3. The van der Waals surface area contributed by atoms with Crippen molar-refractivity contribution >= 4 is 11.6 Å². The van der Waals surface area contributed by atoms with E-state index in [2.05, 4.69) is 6.07 Å². The van der Waals surface area contributed by atoms with Gasteiger partial charge in [0.1, 0.15) is 11.6 Å². The highest BCUT2D eigenvalue weighted by Crippen LogP contribution is 2.35. The van der Waals surface area contributed by atoms with Crippen LogP contribution < -0.4 is 5.56 Å². The van der Waals surface area contributed by atoms with Gasteiger partial charge in [-0.25, -0.2) is 0 Å². The number of rotatable bonds is 4. The largest absolute Gasteiger partial charge is 0.302 e. The first kappa shape index (κ1) is 19.7. The summed E-state index contributed by atoms with van der Waals surface area (Å²) in [6, 6.07) is 29.2. The summed E-state index contributed by atoms with van der Waals surface area (Å²) in [5.74, 6) is 0. The Labute approximate surface area is 180 Å². The third kappa shape index (κ3) is 3.66. The fraction of sp³-hybridized carbons (Fsp3) is 0.0769. The lowest BCUT2D eigenvalue weighted by Crippen LogP contribution is -2.27. The van der Waals surface area contributed by atoms with E-state index >= 15 is 0 Å². The third-order valence-electron chi connectivity index (χ3n) is 5.19.